The summed E-state index contributed by atoms with van der Waals surface area (Å²) in [5.74, 6) is 0. The average molecular weight is 307 g/mol. The Kier molecular flexibility index (Phi) is 3.51. The van der Waals surface area contributed by atoms with E-state index >= 15 is 0 Å². The first-order valence-corrected chi connectivity index (χ1v) is 6.88. The van der Waals surface area contributed by atoms with Crippen LogP contribution in [0.5, 0.6) is 0 Å². The highest BCUT2D eigenvalue weighted by atomic mass is 35.5. The summed E-state index contributed by atoms with van der Waals surface area (Å²) in [6.45, 7) is 2.63. The van der Waals surface area contributed by atoms with Gasteiger partial charge in [-0.05, 0) is 48.4 Å². The number of hydrogen-bond acceptors (Lipinski definition) is 3. The Morgan fingerprint density at radius 2 is 2.05 bits per heavy atom. The van der Waals surface area contributed by atoms with Crippen molar-refractivity contribution in [3.63, 3.8) is 0 Å². The fraction of sp³-hybridized carbons (Fsp3) is 0.143. The molecule has 0 spiro atoms. The third-order valence-corrected chi connectivity index (χ3v) is 3.84. The SMILES string of the molecule is Cc1c(Cl)cc(Cl)cc1CNc1ccc2[nH]nnc2c1. The standard InChI is InChI=1S/C14H12Cl2N4/c1-8-9(4-10(15)5-12(8)16)7-17-11-2-3-13-14(6-11)19-20-18-13/h2-6,17H,7H2,1H3,(H,18,19,20). The van der Waals surface area contributed by atoms with Gasteiger partial charge in [-0.2, -0.15) is 0 Å². The van der Waals surface area contributed by atoms with Crippen molar-refractivity contribution in [3.05, 3.63) is 51.5 Å². The number of aromatic amines is 1. The van der Waals surface area contributed by atoms with E-state index in [1.165, 1.54) is 0 Å². The Hall–Kier alpha value is -1.78. The number of aromatic nitrogens is 3. The smallest absolute Gasteiger partial charge is 0.114 e. The molecule has 0 aliphatic heterocycles. The van der Waals surface area contributed by atoms with Crippen LogP contribution in [0.3, 0.4) is 0 Å². The van der Waals surface area contributed by atoms with E-state index < -0.39 is 0 Å². The summed E-state index contributed by atoms with van der Waals surface area (Å²) in [4.78, 5) is 0. The van der Waals surface area contributed by atoms with Gasteiger partial charge in [0.1, 0.15) is 5.52 Å². The lowest BCUT2D eigenvalue weighted by molar-refractivity contribution is 0.959. The molecule has 3 rings (SSSR count). The Labute approximate surface area is 126 Å². The zero-order chi connectivity index (χ0) is 14.1. The molecule has 0 aliphatic carbocycles. The van der Waals surface area contributed by atoms with Gasteiger partial charge >= 0.3 is 0 Å². The van der Waals surface area contributed by atoms with Crippen LogP contribution in [0.4, 0.5) is 5.69 Å². The minimum atomic E-state index is 0.643. The van der Waals surface area contributed by atoms with E-state index in [9.17, 15) is 0 Å². The van der Waals surface area contributed by atoms with Gasteiger partial charge in [0.25, 0.3) is 0 Å². The first kappa shape index (κ1) is 13.2. The van der Waals surface area contributed by atoms with Crippen molar-refractivity contribution in [1.82, 2.24) is 15.4 Å². The van der Waals surface area contributed by atoms with Crippen LogP contribution in [-0.2, 0) is 6.54 Å². The highest BCUT2D eigenvalue weighted by molar-refractivity contribution is 6.35. The summed E-state index contributed by atoms with van der Waals surface area (Å²) in [5.41, 5.74) is 4.82. The molecule has 4 nitrogen and oxygen atoms in total. The van der Waals surface area contributed by atoms with Crippen molar-refractivity contribution >= 4 is 39.9 Å². The number of H-pyrrole nitrogens is 1. The van der Waals surface area contributed by atoms with E-state index in [0.717, 1.165) is 27.8 Å². The number of benzene rings is 2. The molecule has 6 heteroatoms. The molecule has 0 bridgehead atoms. The maximum Gasteiger partial charge on any atom is 0.114 e. The molecule has 1 heterocycles. The van der Waals surface area contributed by atoms with Gasteiger partial charge in [0.2, 0.25) is 0 Å². The van der Waals surface area contributed by atoms with Gasteiger partial charge in [-0.15, -0.1) is 5.10 Å². The van der Waals surface area contributed by atoms with Crippen LogP contribution in [0.2, 0.25) is 10.0 Å². The summed E-state index contributed by atoms with van der Waals surface area (Å²) < 4.78 is 0. The first-order chi connectivity index (χ1) is 9.63. The fourth-order valence-electron chi connectivity index (χ4n) is 2.03. The molecule has 0 fully saturated rings. The van der Waals surface area contributed by atoms with Crippen LogP contribution in [-0.4, -0.2) is 15.4 Å². The van der Waals surface area contributed by atoms with E-state index in [1.807, 2.05) is 31.2 Å². The number of rotatable bonds is 3. The lowest BCUT2D eigenvalue weighted by Crippen LogP contribution is -2.01. The molecule has 0 saturated carbocycles. The van der Waals surface area contributed by atoms with E-state index in [4.69, 9.17) is 23.2 Å². The van der Waals surface area contributed by atoms with E-state index in [1.54, 1.807) is 6.07 Å². The molecule has 0 amide bonds. The Morgan fingerprint density at radius 1 is 1.20 bits per heavy atom. The number of anilines is 1. The van der Waals surface area contributed by atoms with Gasteiger partial charge in [-0.25, -0.2) is 0 Å². The minimum absolute atomic E-state index is 0.643. The van der Waals surface area contributed by atoms with Gasteiger partial charge in [0, 0.05) is 22.3 Å². The molecule has 2 N–H and O–H groups in total. The van der Waals surface area contributed by atoms with Gasteiger partial charge in [-0.3, -0.25) is 5.10 Å². The number of halogens is 2. The molecule has 1 aromatic heterocycles. The molecular formula is C14H12Cl2N4. The van der Waals surface area contributed by atoms with E-state index in [-0.39, 0.29) is 0 Å². The van der Waals surface area contributed by atoms with Crippen LogP contribution in [0.1, 0.15) is 11.1 Å². The highest BCUT2D eigenvalue weighted by Gasteiger charge is 2.05. The fourth-order valence-corrected chi connectivity index (χ4v) is 2.57. The maximum atomic E-state index is 6.13. The van der Waals surface area contributed by atoms with E-state index in [0.29, 0.717) is 16.6 Å². The molecule has 3 aromatic rings. The van der Waals surface area contributed by atoms with Crippen molar-refractivity contribution in [3.8, 4) is 0 Å². The predicted molar refractivity (Wildman–Crippen MR) is 82.4 cm³/mol. The highest BCUT2D eigenvalue weighted by Crippen LogP contribution is 2.25. The van der Waals surface area contributed by atoms with Crippen LogP contribution in [0.25, 0.3) is 11.0 Å². The van der Waals surface area contributed by atoms with Crippen LogP contribution >= 0.6 is 23.2 Å². The largest absolute Gasteiger partial charge is 0.381 e. The average Bonchev–Trinajstić information content (AvgIpc) is 2.88. The summed E-state index contributed by atoms with van der Waals surface area (Å²) >= 11 is 12.2. The molecule has 0 saturated heterocycles. The zero-order valence-electron chi connectivity index (χ0n) is 10.7. The second-order valence-corrected chi connectivity index (χ2v) is 5.41. The third-order valence-electron chi connectivity index (χ3n) is 3.23. The van der Waals surface area contributed by atoms with Crippen molar-refractivity contribution in [2.75, 3.05) is 5.32 Å². The number of fused-ring (bicyclic) bond motifs is 1. The molecule has 20 heavy (non-hydrogen) atoms. The van der Waals surface area contributed by atoms with Crippen molar-refractivity contribution in [2.24, 2.45) is 0 Å². The van der Waals surface area contributed by atoms with Crippen LogP contribution in [0.15, 0.2) is 30.3 Å². The normalized spacial score (nSPS) is 10.9. The number of nitrogens with zero attached hydrogens (tertiary/aromatic N) is 2. The van der Waals surface area contributed by atoms with Crippen molar-refractivity contribution in [2.45, 2.75) is 13.5 Å². The third kappa shape index (κ3) is 2.57. The van der Waals surface area contributed by atoms with Crippen LogP contribution in [0, 0.1) is 6.92 Å². The lowest BCUT2D eigenvalue weighted by atomic mass is 10.1. The zero-order valence-corrected chi connectivity index (χ0v) is 12.3. The number of nitrogens with one attached hydrogen (secondary N) is 2. The van der Waals surface area contributed by atoms with Crippen molar-refractivity contribution in [1.29, 1.82) is 0 Å². The second kappa shape index (κ2) is 5.31. The second-order valence-electron chi connectivity index (χ2n) is 4.57. The van der Waals surface area contributed by atoms with Gasteiger partial charge in [-0.1, -0.05) is 28.4 Å². The number of hydrogen-bond donors (Lipinski definition) is 2. The molecule has 102 valence electrons. The molecule has 2 aromatic carbocycles. The topological polar surface area (TPSA) is 53.6 Å². The summed E-state index contributed by atoms with van der Waals surface area (Å²) in [5, 5.41) is 15.2. The molecular weight excluding hydrogens is 295 g/mol. The quantitative estimate of drug-likeness (QED) is 0.763. The Bertz CT molecular complexity index is 767. The maximum absolute atomic E-state index is 6.13. The lowest BCUT2D eigenvalue weighted by Gasteiger charge is -2.11. The van der Waals surface area contributed by atoms with Gasteiger partial charge < -0.3 is 5.32 Å². The van der Waals surface area contributed by atoms with Gasteiger partial charge in [0.15, 0.2) is 0 Å². The summed E-state index contributed by atoms with van der Waals surface area (Å²) in [6.07, 6.45) is 0. The van der Waals surface area contributed by atoms with Gasteiger partial charge in [0.05, 0.1) is 5.52 Å². The van der Waals surface area contributed by atoms with Crippen LogP contribution < -0.4 is 5.32 Å². The monoisotopic (exact) mass is 306 g/mol. The summed E-state index contributed by atoms with van der Waals surface area (Å²) in [7, 11) is 0. The van der Waals surface area contributed by atoms with Crippen molar-refractivity contribution < 1.29 is 0 Å². The summed E-state index contributed by atoms with van der Waals surface area (Å²) in [6, 6.07) is 9.53. The van der Waals surface area contributed by atoms with E-state index in [2.05, 4.69) is 20.7 Å². The first-order valence-electron chi connectivity index (χ1n) is 6.13. The molecule has 0 unspecified atom stereocenters. The predicted octanol–water partition coefficient (Wildman–Crippen LogP) is 4.19. The Balaban J connectivity index is 1.82. The molecule has 0 atom stereocenters. The minimum Gasteiger partial charge on any atom is -0.381 e. The molecule has 0 radical (unpaired) electrons. The Morgan fingerprint density at radius 3 is 2.90 bits per heavy atom. The molecule has 0 aliphatic rings.